The fourth-order valence-electron chi connectivity index (χ4n) is 3.23. The van der Waals surface area contributed by atoms with Crippen LogP contribution in [-0.4, -0.2) is 25.1 Å². The second-order valence-corrected chi connectivity index (χ2v) is 6.15. The molecule has 0 aliphatic rings. The summed E-state index contributed by atoms with van der Waals surface area (Å²) in [5.41, 5.74) is 7.06. The number of para-hydroxylation sites is 1. The first-order chi connectivity index (χ1) is 12.3. The number of rotatable bonds is 2. The Morgan fingerprint density at radius 2 is 1.92 bits per heavy atom. The predicted octanol–water partition coefficient (Wildman–Crippen LogP) is 4.48. The Kier molecular flexibility index (Phi) is 2.94. The van der Waals surface area contributed by atoms with Crippen LogP contribution in [0.25, 0.3) is 44.5 Å². The van der Waals surface area contributed by atoms with E-state index >= 15 is 0 Å². The number of aromatic nitrogens is 5. The van der Waals surface area contributed by atoms with Crippen LogP contribution in [0.3, 0.4) is 0 Å². The second kappa shape index (κ2) is 5.27. The Morgan fingerprint density at radius 1 is 1.00 bits per heavy atom. The van der Waals surface area contributed by atoms with Gasteiger partial charge in [-0.05, 0) is 36.8 Å². The molecular weight excluding hydrogens is 310 g/mol. The first-order valence-electron chi connectivity index (χ1n) is 8.13. The van der Waals surface area contributed by atoms with E-state index in [2.05, 4.69) is 56.3 Å². The lowest BCUT2D eigenvalue weighted by molar-refractivity contribution is 1.10. The maximum absolute atomic E-state index is 4.51. The molecule has 1 aromatic carbocycles. The molecule has 0 saturated carbocycles. The number of aryl methyl sites for hydroxylation is 1. The summed E-state index contributed by atoms with van der Waals surface area (Å²) in [6, 6.07) is 14.5. The lowest BCUT2D eigenvalue weighted by Gasteiger charge is -2.04. The number of nitrogens with one attached hydrogen (secondary N) is 2. The molecule has 0 saturated heterocycles. The average molecular weight is 325 g/mol. The molecule has 0 aliphatic carbocycles. The summed E-state index contributed by atoms with van der Waals surface area (Å²) in [6.07, 6.45) is 5.53. The van der Waals surface area contributed by atoms with Gasteiger partial charge >= 0.3 is 0 Å². The Labute approximate surface area is 143 Å². The van der Waals surface area contributed by atoms with E-state index in [4.69, 9.17) is 0 Å². The number of fused-ring (bicyclic) bond motifs is 2. The van der Waals surface area contributed by atoms with Gasteiger partial charge in [-0.25, -0.2) is 4.98 Å². The summed E-state index contributed by atoms with van der Waals surface area (Å²) in [7, 11) is 0. The standard InChI is InChI=1S/C20H15N5/c1-12-6-7-21-11-16(12)14-8-15-19(24-25-20(15)22-10-14)18-9-13-4-2-3-5-17(13)23-18/h2-11,23H,1H3,(H,22,24,25). The maximum atomic E-state index is 4.51. The van der Waals surface area contributed by atoms with Crippen LogP contribution in [0.5, 0.6) is 0 Å². The van der Waals surface area contributed by atoms with E-state index in [1.165, 1.54) is 10.9 Å². The highest BCUT2D eigenvalue weighted by Gasteiger charge is 2.13. The minimum Gasteiger partial charge on any atom is -0.353 e. The highest BCUT2D eigenvalue weighted by Crippen LogP contribution is 2.31. The Hall–Kier alpha value is -3.47. The van der Waals surface area contributed by atoms with Crippen molar-refractivity contribution >= 4 is 21.9 Å². The highest BCUT2D eigenvalue weighted by atomic mass is 15.2. The van der Waals surface area contributed by atoms with Crippen molar-refractivity contribution in [2.75, 3.05) is 0 Å². The monoisotopic (exact) mass is 325 g/mol. The molecule has 0 atom stereocenters. The largest absolute Gasteiger partial charge is 0.353 e. The van der Waals surface area contributed by atoms with E-state index in [1.807, 2.05) is 30.6 Å². The van der Waals surface area contributed by atoms with E-state index < -0.39 is 0 Å². The Bertz CT molecular complexity index is 1180. The van der Waals surface area contributed by atoms with Gasteiger partial charge in [-0.15, -0.1) is 0 Å². The third-order valence-electron chi connectivity index (χ3n) is 4.56. The third-order valence-corrected chi connectivity index (χ3v) is 4.56. The zero-order valence-electron chi connectivity index (χ0n) is 13.6. The van der Waals surface area contributed by atoms with E-state index in [-0.39, 0.29) is 0 Å². The maximum Gasteiger partial charge on any atom is 0.181 e. The number of H-pyrrole nitrogens is 2. The number of hydrogen-bond donors (Lipinski definition) is 2. The van der Waals surface area contributed by atoms with Crippen LogP contribution < -0.4 is 0 Å². The summed E-state index contributed by atoms with van der Waals surface area (Å²) in [4.78, 5) is 12.2. The molecule has 0 fully saturated rings. The lowest BCUT2D eigenvalue weighted by atomic mass is 10.0. The van der Waals surface area contributed by atoms with Gasteiger partial charge in [0.15, 0.2) is 5.65 Å². The normalized spacial score (nSPS) is 11.4. The fourth-order valence-corrected chi connectivity index (χ4v) is 3.23. The number of aromatic amines is 2. The molecule has 4 aromatic heterocycles. The molecule has 5 nitrogen and oxygen atoms in total. The van der Waals surface area contributed by atoms with Crippen LogP contribution in [0.4, 0.5) is 0 Å². The molecule has 0 spiro atoms. The van der Waals surface area contributed by atoms with Crippen LogP contribution in [-0.2, 0) is 0 Å². The molecule has 4 heterocycles. The van der Waals surface area contributed by atoms with Crippen molar-refractivity contribution in [3.63, 3.8) is 0 Å². The lowest BCUT2D eigenvalue weighted by Crippen LogP contribution is -1.87. The van der Waals surface area contributed by atoms with Crippen molar-refractivity contribution in [3.05, 3.63) is 66.6 Å². The third kappa shape index (κ3) is 2.21. The number of benzene rings is 1. The SMILES string of the molecule is Cc1ccncc1-c1cnc2n[nH]c(-c3cc4ccccc4[nH]3)c2c1. The number of hydrogen-bond acceptors (Lipinski definition) is 3. The van der Waals surface area contributed by atoms with Crippen molar-refractivity contribution in [1.82, 2.24) is 25.1 Å². The van der Waals surface area contributed by atoms with Gasteiger partial charge in [-0.3, -0.25) is 10.1 Å². The Balaban J connectivity index is 1.71. The molecule has 2 N–H and O–H groups in total. The number of pyridine rings is 2. The van der Waals surface area contributed by atoms with Gasteiger partial charge in [-0.1, -0.05) is 18.2 Å². The van der Waals surface area contributed by atoms with E-state index in [0.29, 0.717) is 5.65 Å². The van der Waals surface area contributed by atoms with Crippen LogP contribution in [0.2, 0.25) is 0 Å². The van der Waals surface area contributed by atoms with Gasteiger partial charge in [0.05, 0.1) is 11.4 Å². The zero-order valence-corrected chi connectivity index (χ0v) is 13.6. The van der Waals surface area contributed by atoms with Crippen LogP contribution in [0, 0.1) is 6.92 Å². The molecule has 0 bridgehead atoms. The van der Waals surface area contributed by atoms with Gasteiger partial charge in [-0.2, -0.15) is 5.10 Å². The topological polar surface area (TPSA) is 70.2 Å². The molecule has 5 heteroatoms. The molecule has 0 aliphatic heterocycles. The van der Waals surface area contributed by atoms with Crippen molar-refractivity contribution in [2.24, 2.45) is 0 Å². The van der Waals surface area contributed by atoms with Gasteiger partial charge in [0.2, 0.25) is 0 Å². The number of nitrogens with zero attached hydrogens (tertiary/aromatic N) is 3. The summed E-state index contributed by atoms with van der Waals surface area (Å²) in [5, 5.41) is 9.64. The van der Waals surface area contributed by atoms with E-state index in [0.717, 1.165) is 33.4 Å². The molecule has 5 aromatic rings. The average Bonchev–Trinajstić information content (AvgIpc) is 3.25. The molecule has 0 radical (unpaired) electrons. The van der Waals surface area contributed by atoms with Crippen LogP contribution >= 0.6 is 0 Å². The summed E-state index contributed by atoms with van der Waals surface area (Å²) >= 11 is 0. The van der Waals surface area contributed by atoms with Gasteiger partial charge in [0, 0.05) is 46.0 Å². The Morgan fingerprint density at radius 3 is 2.80 bits per heavy atom. The summed E-state index contributed by atoms with van der Waals surface area (Å²) in [6.45, 7) is 2.08. The molecule has 0 amide bonds. The van der Waals surface area contributed by atoms with Gasteiger partial charge < -0.3 is 4.98 Å². The smallest absolute Gasteiger partial charge is 0.181 e. The first-order valence-corrected chi connectivity index (χ1v) is 8.13. The van der Waals surface area contributed by atoms with E-state index in [1.54, 1.807) is 6.20 Å². The van der Waals surface area contributed by atoms with Crippen molar-refractivity contribution in [2.45, 2.75) is 6.92 Å². The van der Waals surface area contributed by atoms with Gasteiger partial charge in [0.1, 0.15) is 0 Å². The van der Waals surface area contributed by atoms with E-state index in [9.17, 15) is 0 Å². The van der Waals surface area contributed by atoms with Crippen LogP contribution in [0.15, 0.2) is 61.1 Å². The fraction of sp³-hybridized carbons (Fsp3) is 0.0500. The predicted molar refractivity (Wildman–Crippen MR) is 99.1 cm³/mol. The minimum absolute atomic E-state index is 0.707. The molecule has 25 heavy (non-hydrogen) atoms. The van der Waals surface area contributed by atoms with Crippen molar-refractivity contribution in [1.29, 1.82) is 0 Å². The molecule has 5 rings (SSSR count). The van der Waals surface area contributed by atoms with Crippen LogP contribution in [0.1, 0.15) is 5.56 Å². The summed E-state index contributed by atoms with van der Waals surface area (Å²) in [5.74, 6) is 0. The van der Waals surface area contributed by atoms with Crippen molar-refractivity contribution < 1.29 is 0 Å². The molecule has 120 valence electrons. The first kappa shape index (κ1) is 13.9. The summed E-state index contributed by atoms with van der Waals surface area (Å²) < 4.78 is 0. The quantitative estimate of drug-likeness (QED) is 0.503. The molecular formula is C20H15N5. The second-order valence-electron chi connectivity index (χ2n) is 6.15. The van der Waals surface area contributed by atoms with Crippen molar-refractivity contribution in [3.8, 4) is 22.5 Å². The minimum atomic E-state index is 0.707. The van der Waals surface area contributed by atoms with Gasteiger partial charge in [0.25, 0.3) is 0 Å². The zero-order chi connectivity index (χ0) is 16.8. The molecule has 0 unspecified atom stereocenters. The highest BCUT2D eigenvalue weighted by molar-refractivity contribution is 5.96.